The smallest absolute Gasteiger partial charge is 0.274 e. The maximum Gasteiger partial charge on any atom is 0.274 e. The average molecular weight is 396 g/mol. The average Bonchev–Trinajstić information content (AvgIpc) is 3.09. The summed E-state index contributed by atoms with van der Waals surface area (Å²) in [6, 6.07) is 4.96. The Morgan fingerprint density at radius 1 is 1.23 bits per heavy atom. The second kappa shape index (κ2) is 8.07. The number of piperidine rings is 1. The second-order valence-corrected chi connectivity index (χ2v) is 6.92. The van der Waals surface area contributed by atoms with Crippen molar-refractivity contribution >= 4 is 40.7 Å². The van der Waals surface area contributed by atoms with Gasteiger partial charge in [0.05, 0.1) is 27.5 Å². The van der Waals surface area contributed by atoms with Crippen LogP contribution in [0.4, 0.5) is 5.69 Å². The molecule has 1 aromatic carbocycles. The zero-order chi connectivity index (χ0) is 18.7. The summed E-state index contributed by atoms with van der Waals surface area (Å²) in [4.78, 5) is 27.0. The molecule has 26 heavy (non-hydrogen) atoms. The van der Waals surface area contributed by atoms with Crippen molar-refractivity contribution in [2.75, 3.05) is 25.5 Å². The van der Waals surface area contributed by atoms with Crippen LogP contribution in [0.3, 0.4) is 0 Å². The number of aromatic nitrogens is 2. The quantitative estimate of drug-likeness (QED) is 0.742. The molecule has 0 radical (unpaired) electrons. The number of H-pyrrole nitrogens is 1. The fourth-order valence-electron chi connectivity index (χ4n) is 2.98. The molecule has 0 saturated carbocycles. The summed E-state index contributed by atoms with van der Waals surface area (Å²) in [5.41, 5.74) is 0.668. The summed E-state index contributed by atoms with van der Waals surface area (Å²) in [5, 5.41) is 13.0. The molecule has 0 unspecified atom stereocenters. The number of halogens is 2. The number of anilines is 1. The maximum atomic E-state index is 12.8. The summed E-state index contributed by atoms with van der Waals surface area (Å²) < 4.78 is 0. The number of nitrogens with zero attached hydrogens (tertiary/aromatic N) is 2. The van der Waals surface area contributed by atoms with Gasteiger partial charge in [0.2, 0.25) is 0 Å². The van der Waals surface area contributed by atoms with E-state index in [0.717, 1.165) is 25.9 Å². The van der Waals surface area contributed by atoms with Crippen LogP contribution in [0.25, 0.3) is 0 Å². The van der Waals surface area contributed by atoms with Crippen molar-refractivity contribution in [3.8, 4) is 0 Å². The number of carbonyl (C=O) groups excluding carboxylic acids is 2. The summed E-state index contributed by atoms with van der Waals surface area (Å²) in [5.74, 6) is -0.726. The van der Waals surface area contributed by atoms with Gasteiger partial charge in [0.1, 0.15) is 5.69 Å². The largest absolute Gasteiger partial charge is 0.337 e. The molecule has 0 spiro atoms. The Bertz CT molecular complexity index is 797. The first-order valence-electron chi connectivity index (χ1n) is 8.25. The first-order valence-corrected chi connectivity index (χ1v) is 9.01. The molecule has 3 N–H and O–H groups in total. The van der Waals surface area contributed by atoms with E-state index in [9.17, 15) is 9.59 Å². The molecule has 2 heterocycles. The molecule has 3 rings (SSSR count). The van der Waals surface area contributed by atoms with Crippen LogP contribution in [0.1, 0.15) is 33.7 Å². The Morgan fingerprint density at radius 2 is 1.88 bits per heavy atom. The predicted molar refractivity (Wildman–Crippen MR) is 101 cm³/mol. The van der Waals surface area contributed by atoms with Gasteiger partial charge >= 0.3 is 0 Å². The zero-order valence-electron chi connectivity index (χ0n) is 14.2. The van der Waals surface area contributed by atoms with Crippen molar-refractivity contribution in [1.82, 2.24) is 20.4 Å². The van der Waals surface area contributed by atoms with Gasteiger partial charge in [0.15, 0.2) is 0 Å². The van der Waals surface area contributed by atoms with Crippen molar-refractivity contribution in [3.05, 3.63) is 45.7 Å². The molecule has 0 bridgehead atoms. The van der Waals surface area contributed by atoms with E-state index < -0.39 is 5.91 Å². The molecule has 1 aromatic heterocycles. The lowest BCUT2D eigenvalue weighted by Gasteiger charge is -2.31. The first kappa shape index (κ1) is 18.7. The van der Waals surface area contributed by atoms with Gasteiger partial charge < -0.3 is 15.5 Å². The highest BCUT2D eigenvalue weighted by atomic mass is 35.5. The van der Waals surface area contributed by atoms with E-state index in [1.807, 2.05) is 0 Å². The van der Waals surface area contributed by atoms with E-state index in [0.29, 0.717) is 0 Å². The molecule has 7 nitrogen and oxygen atoms in total. The van der Waals surface area contributed by atoms with Gasteiger partial charge in [-0.2, -0.15) is 5.10 Å². The SMILES string of the molecule is CN(C(=O)c1[nH]ncc1NC(=O)c1c(Cl)cccc1Cl)C1CCNCC1. The van der Waals surface area contributed by atoms with Crippen LogP contribution < -0.4 is 10.6 Å². The van der Waals surface area contributed by atoms with E-state index in [1.165, 1.54) is 6.20 Å². The lowest BCUT2D eigenvalue weighted by atomic mass is 10.0. The second-order valence-electron chi connectivity index (χ2n) is 6.11. The number of carbonyl (C=O) groups is 2. The van der Waals surface area contributed by atoms with E-state index >= 15 is 0 Å². The monoisotopic (exact) mass is 395 g/mol. The Morgan fingerprint density at radius 3 is 2.54 bits per heavy atom. The van der Waals surface area contributed by atoms with Crippen LogP contribution in [-0.2, 0) is 0 Å². The lowest BCUT2D eigenvalue weighted by Crippen LogP contribution is -2.44. The minimum atomic E-state index is -0.499. The molecule has 0 atom stereocenters. The number of hydrogen-bond acceptors (Lipinski definition) is 4. The van der Waals surface area contributed by atoms with E-state index in [4.69, 9.17) is 23.2 Å². The maximum absolute atomic E-state index is 12.8. The molecule has 1 fully saturated rings. The standard InChI is InChI=1S/C17H19Cl2N5O2/c1-24(10-5-7-20-8-6-10)17(26)15-13(9-21-23-15)22-16(25)14-11(18)3-2-4-12(14)19/h2-4,9-10,20H,5-8H2,1H3,(H,21,23)(H,22,25). The first-order chi connectivity index (χ1) is 12.5. The predicted octanol–water partition coefficient (Wildman–Crippen LogP) is 2.79. The molecule has 138 valence electrons. The van der Waals surface area contributed by atoms with Crippen molar-refractivity contribution in [2.24, 2.45) is 0 Å². The molecule has 2 amide bonds. The molecular formula is C17H19Cl2N5O2. The van der Waals surface area contributed by atoms with Crippen LogP contribution in [-0.4, -0.2) is 53.1 Å². The van der Waals surface area contributed by atoms with Gasteiger partial charge in [0.25, 0.3) is 11.8 Å². The zero-order valence-corrected chi connectivity index (χ0v) is 15.7. The number of aromatic amines is 1. The number of amides is 2. The fourth-order valence-corrected chi connectivity index (χ4v) is 3.55. The van der Waals surface area contributed by atoms with Crippen LogP contribution in [0.5, 0.6) is 0 Å². The van der Waals surface area contributed by atoms with Crippen LogP contribution in [0.2, 0.25) is 10.0 Å². The number of benzene rings is 1. The Hall–Kier alpha value is -2.09. The summed E-state index contributed by atoms with van der Waals surface area (Å²) in [7, 11) is 1.76. The van der Waals surface area contributed by atoms with Gasteiger partial charge in [-0.25, -0.2) is 0 Å². The highest BCUT2D eigenvalue weighted by molar-refractivity contribution is 6.40. The number of nitrogens with one attached hydrogen (secondary N) is 3. The molecule has 9 heteroatoms. The van der Waals surface area contributed by atoms with Gasteiger partial charge in [-0.1, -0.05) is 29.3 Å². The Labute approximate surface area is 161 Å². The summed E-state index contributed by atoms with van der Waals surface area (Å²) in [6.45, 7) is 1.75. The highest BCUT2D eigenvalue weighted by Crippen LogP contribution is 2.26. The van der Waals surface area contributed by atoms with E-state index in [2.05, 4.69) is 20.8 Å². The normalized spacial score (nSPS) is 14.9. The van der Waals surface area contributed by atoms with Gasteiger partial charge in [-0.15, -0.1) is 0 Å². The number of hydrogen-bond donors (Lipinski definition) is 3. The third-order valence-electron chi connectivity index (χ3n) is 4.47. The van der Waals surface area contributed by atoms with Crippen LogP contribution in [0.15, 0.2) is 24.4 Å². The third-order valence-corrected chi connectivity index (χ3v) is 5.10. The van der Waals surface area contributed by atoms with Crippen LogP contribution >= 0.6 is 23.2 Å². The minimum absolute atomic E-state index is 0.147. The van der Waals surface area contributed by atoms with Crippen molar-refractivity contribution in [2.45, 2.75) is 18.9 Å². The molecule has 1 aliphatic heterocycles. The molecule has 1 aliphatic rings. The lowest BCUT2D eigenvalue weighted by molar-refractivity contribution is 0.0698. The minimum Gasteiger partial charge on any atom is -0.337 e. The van der Waals surface area contributed by atoms with Crippen molar-refractivity contribution in [3.63, 3.8) is 0 Å². The molecule has 0 aliphatic carbocycles. The van der Waals surface area contributed by atoms with Crippen molar-refractivity contribution < 1.29 is 9.59 Å². The van der Waals surface area contributed by atoms with Gasteiger partial charge in [0, 0.05) is 13.1 Å². The Kier molecular flexibility index (Phi) is 5.80. The third kappa shape index (κ3) is 3.85. The molecule has 2 aromatic rings. The van der Waals surface area contributed by atoms with Gasteiger partial charge in [-0.3, -0.25) is 14.7 Å². The number of rotatable bonds is 4. The van der Waals surface area contributed by atoms with Gasteiger partial charge in [-0.05, 0) is 38.1 Å². The van der Waals surface area contributed by atoms with Crippen molar-refractivity contribution in [1.29, 1.82) is 0 Å². The molecule has 1 saturated heterocycles. The summed E-state index contributed by atoms with van der Waals surface area (Å²) in [6.07, 6.45) is 3.16. The highest BCUT2D eigenvalue weighted by Gasteiger charge is 2.26. The summed E-state index contributed by atoms with van der Waals surface area (Å²) >= 11 is 12.1. The van der Waals surface area contributed by atoms with E-state index in [-0.39, 0.29) is 38.9 Å². The topological polar surface area (TPSA) is 90.1 Å². The van der Waals surface area contributed by atoms with Crippen LogP contribution in [0, 0.1) is 0 Å². The van der Waals surface area contributed by atoms with E-state index in [1.54, 1.807) is 30.1 Å². The molecular weight excluding hydrogens is 377 g/mol. The Balaban J connectivity index is 1.78. The fraction of sp³-hybridized carbons (Fsp3) is 0.353.